The Labute approximate surface area is 169 Å². The molecule has 1 amide bonds. The van der Waals surface area contributed by atoms with Gasteiger partial charge in [0.15, 0.2) is 0 Å². The molecule has 2 aromatic carbocycles. The number of piperazine rings is 1. The first-order valence-electron chi connectivity index (χ1n) is 9.86. The third kappa shape index (κ3) is 6.58. The van der Waals surface area contributed by atoms with Crippen LogP contribution in [0.15, 0.2) is 54.6 Å². The molecule has 1 aliphatic rings. The van der Waals surface area contributed by atoms with Crippen molar-refractivity contribution in [2.75, 3.05) is 44.6 Å². The maximum absolute atomic E-state index is 13.0. The minimum absolute atomic E-state index is 0.101. The molecule has 0 bridgehead atoms. The SMILES string of the molecule is O=C(CN1CCN(CCCc2ccccc2)CC1)Nc1ccccc1C(F)(F)F. The number of alkyl halides is 3. The Bertz CT molecular complexity index is 787. The molecule has 1 saturated heterocycles. The molecule has 3 rings (SSSR count). The van der Waals surface area contributed by atoms with E-state index in [2.05, 4.69) is 22.3 Å². The summed E-state index contributed by atoms with van der Waals surface area (Å²) >= 11 is 0. The average Bonchev–Trinajstić information content (AvgIpc) is 2.70. The van der Waals surface area contributed by atoms with Gasteiger partial charge in [0, 0.05) is 26.2 Å². The molecule has 4 nitrogen and oxygen atoms in total. The zero-order valence-electron chi connectivity index (χ0n) is 16.3. The van der Waals surface area contributed by atoms with E-state index in [0.717, 1.165) is 51.6 Å². The Kier molecular flexibility index (Phi) is 7.28. The number of carbonyl (C=O) groups excluding carboxylic acids is 1. The summed E-state index contributed by atoms with van der Waals surface area (Å²) in [6.45, 7) is 4.31. The number of hydrogen-bond acceptors (Lipinski definition) is 3. The van der Waals surface area contributed by atoms with Gasteiger partial charge in [-0.2, -0.15) is 13.2 Å². The fourth-order valence-corrected chi connectivity index (χ4v) is 3.55. The van der Waals surface area contributed by atoms with Gasteiger partial charge in [0.2, 0.25) is 5.91 Å². The van der Waals surface area contributed by atoms with Crippen LogP contribution >= 0.6 is 0 Å². The second-order valence-electron chi connectivity index (χ2n) is 7.30. The highest BCUT2D eigenvalue weighted by Gasteiger charge is 2.33. The summed E-state index contributed by atoms with van der Waals surface area (Å²) in [5.41, 5.74) is 0.322. The number of nitrogens with one attached hydrogen (secondary N) is 1. The summed E-state index contributed by atoms with van der Waals surface area (Å²) in [5, 5.41) is 2.41. The number of aryl methyl sites for hydroxylation is 1. The number of benzene rings is 2. The van der Waals surface area contributed by atoms with E-state index in [1.165, 1.54) is 23.8 Å². The standard InChI is InChI=1S/C22H26F3N3O/c23-22(24,25)19-10-4-5-11-20(19)26-21(29)17-28-15-13-27(14-16-28)12-6-9-18-7-2-1-3-8-18/h1-5,7-8,10-11H,6,9,12-17H2,(H,26,29). The third-order valence-electron chi connectivity index (χ3n) is 5.12. The molecule has 1 fully saturated rings. The maximum Gasteiger partial charge on any atom is 0.418 e. The molecule has 0 aliphatic carbocycles. The van der Waals surface area contributed by atoms with Gasteiger partial charge in [-0.05, 0) is 37.1 Å². The normalized spacial score (nSPS) is 16.0. The topological polar surface area (TPSA) is 35.6 Å². The first-order valence-corrected chi connectivity index (χ1v) is 9.86. The molecule has 0 unspecified atom stereocenters. The molecule has 156 valence electrons. The second-order valence-corrected chi connectivity index (χ2v) is 7.30. The maximum atomic E-state index is 13.0. The largest absolute Gasteiger partial charge is 0.418 e. The number of amides is 1. The third-order valence-corrected chi connectivity index (χ3v) is 5.12. The number of rotatable bonds is 7. The van der Waals surface area contributed by atoms with E-state index in [9.17, 15) is 18.0 Å². The van der Waals surface area contributed by atoms with Crippen molar-refractivity contribution in [1.82, 2.24) is 9.80 Å². The highest BCUT2D eigenvalue weighted by Crippen LogP contribution is 2.34. The van der Waals surface area contributed by atoms with E-state index >= 15 is 0 Å². The van der Waals surface area contributed by atoms with Crippen LogP contribution in [0.3, 0.4) is 0 Å². The van der Waals surface area contributed by atoms with Gasteiger partial charge in [-0.3, -0.25) is 9.69 Å². The molecule has 0 atom stereocenters. The Morgan fingerprint density at radius 1 is 0.897 bits per heavy atom. The van der Waals surface area contributed by atoms with Crippen molar-refractivity contribution in [2.45, 2.75) is 19.0 Å². The summed E-state index contributed by atoms with van der Waals surface area (Å²) in [6, 6.07) is 15.4. The molecule has 0 saturated carbocycles. The second kappa shape index (κ2) is 9.89. The lowest BCUT2D eigenvalue weighted by Crippen LogP contribution is -2.48. The first kappa shape index (κ1) is 21.3. The molecular weight excluding hydrogens is 379 g/mol. The zero-order chi connectivity index (χ0) is 20.7. The van der Waals surface area contributed by atoms with Crippen LogP contribution in [0.5, 0.6) is 0 Å². The predicted molar refractivity (Wildman–Crippen MR) is 108 cm³/mol. The molecule has 1 aliphatic heterocycles. The van der Waals surface area contributed by atoms with E-state index in [4.69, 9.17) is 0 Å². The van der Waals surface area contributed by atoms with Crippen LogP contribution in [-0.2, 0) is 17.4 Å². The van der Waals surface area contributed by atoms with Crippen molar-refractivity contribution >= 4 is 11.6 Å². The lowest BCUT2D eigenvalue weighted by atomic mass is 10.1. The van der Waals surface area contributed by atoms with Crippen molar-refractivity contribution in [1.29, 1.82) is 0 Å². The summed E-state index contributed by atoms with van der Waals surface area (Å²) in [6.07, 6.45) is -2.37. The number of anilines is 1. The average molecular weight is 405 g/mol. The van der Waals surface area contributed by atoms with E-state index in [-0.39, 0.29) is 12.2 Å². The van der Waals surface area contributed by atoms with Gasteiger partial charge in [-0.15, -0.1) is 0 Å². The highest BCUT2D eigenvalue weighted by atomic mass is 19.4. The van der Waals surface area contributed by atoms with Gasteiger partial charge < -0.3 is 10.2 Å². The van der Waals surface area contributed by atoms with Crippen LogP contribution < -0.4 is 5.32 Å². The molecule has 0 spiro atoms. The first-order chi connectivity index (χ1) is 13.9. The van der Waals surface area contributed by atoms with E-state index in [1.54, 1.807) is 0 Å². The van der Waals surface area contributed by atoms with Crippen molar-refractivity contribution in [3.8, 4) is 0 Å². The number of hydrogen-bond donors (Lipinski definition) is 1. The number of carbonyl (C=O) groups is 1. The number of halogens is 3. The van der Waals surface area contributed by atoms with E-state index in [0.29, 0.717) is 0 Å². The van der Waals surface area contributed by atoms with Gasteiger partial charge in [-0.1, -0.05) is 42.5 Å². The lowest BCUT2D eigenvalue weighted by Gasteiger charge is -2.34. The van der Waals surface area contributed by atoms with Crippen molar-refractivity contribution in [2.24, 2.45) is 0 Å². The number of nitrogens with zero attached hydrogens (tertiary/aromatic N) is 2. The van der Waals surface area contributed by atoms with Crippen LogP contribution in [0, 0.1) is 0 Å². The van der Waals surface area contributed by atoms with Crippen LogP contribution in [-0.4, -0.2) is 55.0 Å². The molecule has 1 heterocycles. The minimum atomic E-state index is -4.49. The van der Waals surface area contributed by atoms with Gasteiger partial charge in [0.25, 0.3) is 0 Å². The Morgan fingerprint density at radius 2 is 1.52 bits per heavy atom. The van der Waals surface area contributed by atoms with Gasteiger partial charge in [0.05, 0.1) is 17.8 Å². The lowest BCUT2D eigenvalue weighted by molar-refractivity contribution is -0.137. The Morgan fingerprint density at radius 3 is 2.21 bits per heavy atom. The fourth-order valence-electron chi connectivity index (χ4n) is 3.55. The number of para-hydroxylation sites is 1. The van der Waals surface area contributed by atoms with Crippen LogP contribution in [0.1, 0.15) is 17.5 Å². The predicted octanol–water partition coefficient (Wildman–Crippen LogP) is 3.89. The van der Waals surface area contributed by atoms with Crippen molar-refractivity contribution in [3.63, 3.8) is 0 Å². The summed E-state index contributed by atoms with van der Waals surface area (Å²) in [4.78, 5) is 16.6. The Hall–Kier alpha value is -2.38. The minimum Gasteiger partial charge on any atom is -0.324 e. The molecule has 1 N–H and O–H groups in total. The van der Waals surface area contributed by atoms with Gasteiger partial charge >= 0.3 is 6.18 Å². The fraction of sp³-hybridized carbons (Fsp3) is 0.409. The molecule has 2 aromatic rings. The summed E-state index contributed by atoms with van der Waals surface area (Å²) < 4.78 is 39.1. The van der Waals surface area contributed by atoms with Crippen LogP contribution in [0.2, 0.25) is 0 Å². The van der Waals surface area contributed by atoms with Gasteiger partial charge in [0.1, 0.15) is 0 Å². The zero-order valence-corrected chi connectivity index (χ0v) is 16.3. The van der Waals surface area contributed by atoms with Crippen molar-refractivity contribution < 1.29 is 18.0 Å². The molecular formula is C22H26F3N3O. The smallest absolute Gasteiger partial charge is 0.324 e. The highest BCUT2D eigenvalue weighted by molar-refractivity contribution is 5.93. The van der Waals surface area contributed by atoms with E-state index < -0.39 is 17.6 Å². The van der Waals surface area contributed by atoms with Crippen LogP contribution in [0.25, 0.3) is 0 Å². The van der Waals surface area contributed by atoms with E-state index in [1.807, 2.05) is 23.1 Å². The molecule has 0 radical (unpaired) electrons. The summed E-state index contributed by atoms with van der Waals surface area (Å²) in [7, 11) is 0. The summed E-state index contributed by atoms with van der Waals surface area (Å²) in [5.74, 6) is -0.417. The molecule has 29 heavy (non-hydrogen) atoms. The van der Waals surface area contributed by atoms with Crippen LogP contribution in [0.4, 0.5) is 18.9 Å². The monoisotopic (exact) mass is 405 g/mol. The molecule has 7 heteroatoms. The quantitative estimate of drug-likeness (QED) is 0.759. The van der Waals surface area contributed by atoms with Gasteiger partial charge in [-0.25, -0.2) is 0 Å². The Balaban J connectivity index is 1.40. The molecule has 0 aromatic heterocycles. The van der Waals surface area contributed by atoms with Crippen molar-refractivity contribution in [3.05, 3.63) is 65.7 Å².